The van der Waals surface area contributed by atoms with Crippen molar-refractivity contribution in [2.24, 2.45) is 5.73 Å². The van der Waals surface area contributed by atoms with E-state index in [2.05, 4.69) is 19.1 Å². The number of hydrogen-bond acceptors (Lipinski definition) is 3. The summed E-state index contributed by atoms with van der Waals surface area (Å²) in [6.45, 7) is 4.30. The first kappa shape index (κ1) is 13.2. The third-order valence-corrected chi connectivity index (χ3v) is 3.43. The van der Waals surface area contributed by atoms with E-state index in [1.165, 1.54) is 18.4 Å². The fourth-order valence-electron chi connectivity index (χ4n) is 2.50. The Hall–Kier alpha value is -1.22. The number of fused-ring (bicyclic) bond motifs is 1. The first-order chi connectivity index (χ1) is 8.85. The molecule has 2 rings (SSSR count). The van der Waals surface area contributed by atoms with Crippen molar-refractivity contribution in [1.82, 2.24) is 0 Å². The van der Waals surface area contributed by atoms with Crippen molar-refractivity contribution in [1.29, 1.82) is 0 Å². The summed E-state index contributed by atoms with van der Waals surface area (Å²) in [6, 6.07) is 6.35. The van der Waals surface area contributed by atoms with E-state index < -0.39 is 0 Å². The molecule has 1 aromatic rings. The molecular weight excluding hydrogens is 226 g/mol. The molecule has 3 nitrogen and oxygen atoms in total. The highest BCUT2D eigenvalue weighted by Gasteiger charge is 2.16. The lowest BCUT2D eigenvalue weighted by atomic mass is 9.90. The summed E-state index contributed by atoms with van der Waals surface area (Å²) in [5.41, 5.74) is 6.97. The fraction of sp³-hybridized carbons (Fsp3) is 0.600. The number of rotatable bonds is 6. The molecule has 0 saturated heterocycles. The van der Waals surface area contributed by atoms with Crippen LogP contribution in [0.3, 0.4) is 0 Å². The molecule has 0 bridgehead atoms. The quantitative estimate of drug-likeness (QED) is 0.842. The van der Waals surface area contributed by atoms with Gasteiger partial charge in [-0.2, -0.15) is 0 Å². The molecule has 0 aliphatic carbocycles. The molecule has 1 aromatic carbocycles. The zero-order valence-electron chi connectivity index (χ0n) is 11.2. The summed E-state index contributed by atoms with van der Waals surface area (Å²) in [5, 5.41) is 0. The Morgan fingerprint density at radius 1 is 1.17 bits per heavy atom. The Labute approximate surface area is 109 Å². The van der Waals surface area contributed by atoms with Crippen molar-refractivity contribution < 1.29 is 9.47 Å². The van der Waals surface area contributed by atoms with Crippen molar-refractivity contribution in [3.8, 4) is 11.5 Å². The van der Waals surface area contributed by atoms with E-state index in [9.17, 15) is 0 Å². The lowest BCUT2D eigenvalue weighted by Gasteiger charge is -2.22. The Morgan fingerprint density at radius 2 is 1.94 bits per heavy atom. The molecule has 0 saturated carbocycles. The maximum Gasteiger partial charge on any atom is 0.161 e. The van der Waals surface area contributed by atoms with Crippen LogP contribution in [-0.2, 0) is 0 Å². The van der Waals surface area contributed by atoms with Crippen LogP contribution in [0.15, 0.2) is 18.2 Å². The van der Waals surface area contributed by atoms with Crippen LogP contribution in [0.4, 0.5) is 0 Å². The van der Waals surface area contributed by atoms with Crippen LogP contribution in [0.1, 0.15) is 44.1 Å². The Morgan fingerprint density at radius 3 is 2.67 bits per heavy atom. The summed E-state index contributed by atoms with van der Waals surface area (Å²) >= 11 is 0. The normalized spacial score (nSPS) is 15.4. The monoisotopic (exact) mass is 249 g/mol. The molecule has 0 fully saturated rings. The van der Waals surface area contributed by atoms with E-state index >= 15 is 0 Å². The maximum absolute atomic E-state index is 5.65. The van der Waals surface area contributed by atoms with E-state index in [0.717, 1.165) is 30.9 Å². The van der Waals surface area contributed by atoms with Gasteiger partial charge in [0.1, 0.15) is 13.2 Å². The molecule has 1 aliphatic rings. The van der Waals surface area contributed by atoms with Crippen LogP contribution < -0.4 is 15.2 Å². The molecule has 1 heterocycles. The van der Waals surface area contributed by atoms with Gasteiger partial charge in [0.25, 0.3) is 0 Å². The van der Waals surface area contributed by atoms with Crippen LogP contribution >= 0.6 is 0 Å². The second kappa shape index (κ2) is 6.64. The largest absolute Gasteiger partial charge is 0.486 e. The standard InChI is InChI=1S/C15H23NO2/c1-2-4-12(5-3-8-16)13-6-7-14-15(11-13)18-10-9-17-14/h6-7,11-12H,2-5,8-10,16H2,1H3. The average Bonchev–Trinajstić information content (AvgIpc) is 2.43. The van der Waals surface area contributed by atoms with Crippen LogP contribution in [-0.4, -0.2) is 19.8 Å². The molecule has 1 unspecified atom stereocenters. The molecule has 3 heteroatoms. The van der Waals surface area contributed by atoms with Crippen molar-refractivity contribution in [3.63, 3.8) is 0 Å². The van der Waals surface area contributed by atoms with E-state index in [1.54, 1.807) is 0 Å². The minimum absolute atomic E-state index is 0.592. The van der Waals surface area contributed by atoms with Gasteiger partial charge in [0, 0.05) is 0 Å². The summed E-state index contributed by atoms with van der Waals surface area (Å²) in [6.07, 6.45) is 4.65. The Balaban J connectivity index is 2.13. The molecule has 0 spiro atoms. The van der Waals surface area contributed by atoms with Crippen LogP contribution in [0.25, 0.3) is 0 Å². The minimum Gasteiger partial charge on any atom is -0.486 e. The van der Waals surface area contributed by atoms with Gasteiger partial charge in [0.05, 0.1) is 0 Å². The third-order valence-electron chi connectivity index (χ3n) is 3.43. The molecule has 0 amide bonds. The van der Waals surface area contributed by atoms with Crippen molar-refractivity contribution in [2.45, 2.75) is 38.5 Å². The molecule has 1 atom stereocenters. The second-order valence-electron chi connectivity index (χ2n) is 4.82. The predicted octanol–water partition coefficient (Wildman–Crippen LogP) is 3.08. The number of hydrogen-bond donors (Lipinski definition) is 1. The van der Waals surface area contributed by atoms with Gasteiger partial charge in [0.2, 0.25) is 0 Å². The maximum atomic E-state index is 5.65. The topological polar surface area (TPSA) is 44.5 Å². The van der Waals surface area contributed by atoms with E-state index in [0.29, 0.717) is 19.1 Å². The van der Waals surface area contributed by atoms with Crippen molar-refractivity contribution in [3.05, 3.63) is 23.8 Å². The summed E-state index contributed by atoms with van der Waals surface area (Å²) < 4.78 is 11.2. The second-order valence-corrected chi connectivity index (χ2v) is 4.82. The first-order valence-electron chi connectivity index (χ1n) is 6.94. The first-order valence-corrected chi connectivity index (χ1v) is 6.94. The molecule has 18 heavy (non-hydrogen) atoms. The van der Waals surface area contributed by atoms with Crippen molar-refractivity contribution in [2.75, 3.05) is 19.8 Å². The molecule has 2 N–H and O–H groups in total. The van der Waals surface area contributed by atoms with E-state index in [-0.39, 0.29) is 0 Å². The molecular formula is C15H23NO2. The van der Waals surface area contributed by atoms with Gasteiger partial charge in [-0.15, -0.1) is 0 Å². The Kier molecular flexibility index (Phi) is 4.88. The predicted molar refractivity (Wildman–Crippen MR) is 73.4 cm³/mol. The van der Waals surface area contributed by atoms with Gasteiger partial charge >= 0.3 is 0 Å². The van der Waals surface area contributed by atoms with Gasteiger partial charge in [-0.05, 0) is 49.4 Å². The molecule has 0 aromatic heterocycles. The minimum atomic E-state index is 0.592. The third kappa shape index (κ3) is 3.16. The summed E-state index contributed by atoms with van der Waals surface area (Å²) in [4.78, 5) is 0. The van der Waals surface area contributed by atoms with Gasteiger partial charge in [0.15, 0.2) is 11.5 Å². The molecule has 0 radical (unpaired) electrons. The van der Waals surface area contributed by atoms with Gasteiger partial charge in [-0.3, -0.25) is 0 Å². The highest BCUT2D eigenvalue weighted by molar-refractivity contribution is 5.44. The highest BCUT2D eigenvalue weighted by Crippen LogP contribution is 2.35. The lowest BCUT2D eigenvalue weighted by Crippen LogP contribution is -2.15. The fourth-order valence-corrected chi connectivity index (χ4v) is 2.50. The van der Waals surface area contributed by atoms with Crippen LogP contribution in [0.2, 0.25) is 0 Å². The number of nitrogens with two attached hydrogens (primary N) is 1. The zero-order valence-corrected chi connectivity index (χ0v) is 11.2. The van der Waals surface area contributed by atoms with Gasteiger partial charge in [-0.1, -0.05) is 19.4 Å². The number of ether oxygens (including phenoxy) is 2. The van der Waals surface area contributed by atoms with E-state index in [1.807, 2.05) is 6.07 Å². The highest BCUT2D eigenvalue weighted by atomic mass is 16.6. The molecule has 100 valence electrons. The SMILES string of the molecule is CCCC(CCCN)c1ccc2c(c1)OCCO2. The van der Waals surface area contributed by atoms with Gasteiger partial charge in [-0.25, -0.2) is 0 Å². The number of benzene rings is 1. The average molecular weight is 249 g/mol. The lowest BCUT2D eigenvalue weighted by molar-refractivity contribution is 0.171. The van der Waals surface area contributed by atoms with E-state index in [4.69, 9.17) is 15.2 Å². The van der Waals surface area contributed by atoms with Gasteiger partial charge < -0.3 is 15.2 Å². The van der Waals surface area contributed by atoms with Crippen molar-refractivity contribution >= 4 is 0 Å². The molecule has 1 aliphatic heterocycles. The summed E-state index contributed by atoms with van der Waals surface area (Å²) in [7, 11) is 0. The Bertz CT molecular complexity index is 379. The smallest absolute Gasteiger partial charge is 0.161 e. The van der Waals surface area contributed by atoms with Crippen LogP contribution in [0, 0.1) is 0 Å². The summed E-state index contributed by atoms with van der Waals surface area (Å²) in [5.74, 6) is 2.36. The van der Waals surface area contributed by atoms with Crippen LogP contribution in [0.5, 0.6) is 11.5 Å². The zero-order chi connectivity index (χ0) is 12.8.